The van der Waals surface area contributed by atoms with Gasteiger partial charge in [0, 0.05) is 18.5 Å². The molecule has 1 aromatic heterocycles. The maximum Gasteiger partial charge on any atom is 0.292 e. The van der Waals surface area contributed by atoms with E-state index in [4.69, 9.17) is 5.73 Å². The van der Waals surface area contributed by atoms with Gasteiger partial charge in [-0.3, -0.25) is 10.1 Å². The Labute approximate surface area is 117 Å². The standard InChI is InChI=1S/C14H18N4O2/c1-10(2)7-13(17-6-5-16-9-17)11-3-4-12(15)14(8-11)18(19)20/h3-6,8-10,13H,7,15H2,1-2H3. The lowest BCUT2D eigenvalue weighted by Crippen LogP contribution is -2.12. The van der Waals surface area contributed by atoms with Gasteiger partial charge in [-0.15, -0.1) is 0 Å². The predicted octanol–water partition coefficient (Wildman–Crippen LogP) is 3.01. The maximum atomic E-state index is 11.0. The van der Waals surface area contributed by atoms with Crippen LogP contribution in [0.2, 0.25) is 0 Å². The molecular formula is C14H18N4O2. The van der Waals surface area contributed by atoms with Gasteiger partial charge in [-0.05, 0) is 24.0 Å². The van der Waals surface area contributed by atoms with Crippen LogP contribution in [0.3, 0.4) is 0 Å². The highest BCUT2D eigenvalue weighted by Crippen LogP contribution is 2.31. The summed E-state index contributed by atoms with van der Waals surface area (Å²) in [6.07, 6.45) is 6.18. The Morgan fingerprint density at radius 1 is 1.45 bits per heavy atom. The van der Waals surface area contributed by atoms with E-state index in [9.17, 15) is 10.1 Å². The first-order valence-corrected chi connectivity index (χ1v) is 6.50. The van der Waals surface area contributed by atoms with E-state index in [2.05, 4.69) is 18.8 Å². The number of anilines is 1. The van der Waals surface area contributed by atoms with Gasteiger partial charge in [-0.25, -0.2) is 4.98 Å². The minimum atomic E-state index is -0.445. The Kier molecular flexibility index (Phi) is 4.02. The van der Waals surface area contributed by atoms with E-state index in [1.807, 2.05) is 16.8 Å². The number of nitro groups is 1. The van der Waals surface area contributed by atoms with E-state index in [0.717, 1.165) is 12.0 Å². The van der Waals surface area contributed by atoms with Crippen molar-refractivity contribution in [1.29, 1.82) is 0 Å². The van der Waals surface area contributed by atoms with Crippen LogP contribution in [-0.2, 0) is 0 Å². The zero-order valence-corrected chi connectivity index (χ0v) is 11.6. The lowest BCUT2D eigenvalue weighted by Gasteiger charge is -2.21. The maximum absolute atomic E-state index is 11.0. The van der Waals surface area contributed by atoms with Gasteiger partial charge in [0.15, 0.2) is 0 Å². The fourth-order valence-corrected chi connectivity index (χ4v) is 2.26. The van der Waals surface area contributed by atoms with Crippen LogP contribution in [0, 0.1) is 16.0 Å². The first-order chi connectivity index (χ1) is 9.49. The third-order valence-electron chi connectivity index (χ3n) is 3.22. The third-order valence-corrected chi connectivity index (χ3v) is 3.22. The minimum Gasteiger partial charge on any atom is -0.393 e. The van der Waals surface area contributed by atoms with E-state index < -0.39 is 4.92 Å². The predicted molar refractivity (Wildman–Crippen MR) is 77.3 cm³/mol. The van der Waals surface area contributed by atoms with Gasteiger partial charge in [0.2, 0.25) is 0 Å². The van der Waals surface area contributed by atoms with Crippen LogP contribution in [-0.4, -0.2) is 14.5 Å². The average Bonchev–Trinajstić information content (AvgIpc) is 2.90. The molecule has 2 rings (SSSR count). The Morgan fingerprint density at radius 3 is 2.75 bits per heavy atom. The van der Waals surface area contributed by atoms with Gasteiger partial charge < -0.3 is 10.3 Å². The van der Waals surface area contributed by atoms with Crippen molar-refractivity contribution in [2.75, 3.05) is 5.73 Å². The average molecular weight is 274 g/mol. The topological polar surface area (TPSA) is 87.0 Å². The Balaban J connectivity index is 2.44. The van der Waals surface area contributed by atoms with Crippen molar-refractivity contribution in [3.63, 3.8) is 0 Å². The molecule has 6 nitrogen and oxygen atoms in total. The molecule has 20 heavy (non-hydrogen) atoms. The minimum absolute atomic E-state index is 0.0248. The molecule has 0 spiro atoms. The van der Waals surface area contributed by atoms with Gasteiger partial charge in [0.05, 0.1) is 17.3 Å². The molecule has 6 heteroatoms. The Bertz CT molecular complexity index is 593. The van der Waals surface area contributed by atoms with Gasteiger partial charge in [0.25, 0.3) is 5.69 Å². The Hall–Kier alpha value is -2.37. The molecule has 0 aliphatic rings. The molecule has 0 saturated carbocycles. The lowest BCUT2D eigenvalue weighted by atomic mass is 9.96. The number of nitrogens with two attached hydrogens (primary N) is 1. The van der Waals surface area contributed by atoms with Crippen LogP contribution in [0.5, 0.6) is 0 Å². The largest absolute Gasteiger partial charge is 0.393 e. The van der Waals surface area contributed by atoms with Crippen molar-refractivity contribution < 1.29 is 4.92 Å². The third kappa shape index (κ3) is 2.96. The molecule has 0 radical (unpaired) electrons. The van der Waals surface area contributed by atoms with Crippen LogP contribution in [0.25, 0.3) is 0 Å². The van der Waals surface area contributed by atoms with E-state index in [0.29, 0.717) is 5.92 Å². The first kappa shape index (κ1) is 14.0. The second kappa shape index (κ2) is 5.73. The summed E-state index contributed by atoms with van der Waals surface area (Å²) in [6, 6.07) is 5.02. The quantitative estimate of drug-likeness (QED) is 0.515. The van der Waals surface area contributed by atoms with Gasteiger partial charge in [-0.1, -0.05) is 19.9 Å². The molecule has 0 bridgehead atoms. The summed E-state index contributed by atoms with van der Waals surface area (Å²) in [4.78, 5) is 14.6. The van der Waals surface area contributed by atoms with Gasteiger partial charge in [-0.2, -0.15) is 0 Å². The summed E-state index contributed by atoms with van der Waals surface area (Å²) in [7, 11) is 0. The van der Waals surface area contributed by atoms with Gasteiger partial charge >= 0.3 is 0 Å². The number of nitrogens with zero attached hydrogens (tertiary/aromatic N) is 3. The van der Waals surface area contributed by atoms with Crippen molar-refractivity contribution in [1.82, 2.24) is 9.55 Å². The highest BCUT2D eigenvalue weighted by Gasteiger charge is 2.19. The molecule has 1 heterocycles. The molecular weight excluding hydrogens is 256 g/mol. The Morgan fingerprint density at radius 2 is 2.20 bits per heavy atom. The summed E-state index contributed by atoms with van der Waals surface area (Å²) >= 11 is 0. The van der Waals surface area contributed by atoms with E-state index >= 15 is 0 Å². The van der Waals surface area contributed by atoms with Crippen molar-refractivity contribution >= 4 is 11.4 Å². The number of nitrogen functional groups attached to an aromatic ring is 1. The highest BCUT2D eigenvalue weighted by molar-refractivity contribution is 5.59. The number of hydrogen-bond donors (Lipinski definition) is 1. The van der Waals surface area contributed by atoms with Crippen LogP contribution in [0.4, 0.5) is 11.4 Å². The molecule has 0 saturated heterocycles. The number of imidazole rings is 1. The second-order valence-electron chi connectivity index (χ2n) is 5.23. The zero-order chi connectivity index (χ0) is 14.7. The molecule has 106 valence electrons. The molecule has 0 aliphatic carbocycles. The first-order valence-electron chi connectivity index (χ1n) is 6.50. The fourth-order valence-electron chi connectivity index (χ4n) is 2.26. The number of hydrogen-bond acceptors (Lipinski definition) is 4. The molecule has 2 aromatic rings. The highest BCUT2D eigenvalue weighted by atomic mass is 16.6. The lowest BCUT2D eigenvalue weighted by molar-refractivity contribution is -0.384. The molecule has 2 N–H and O–H groups in total. The van der Waals surface area contributed by atoms with Crippen molar-refractivity contribution in [2.45, 2.75) is 26.3 Å². The van der Waals surface area contributed by atoms with E-state index in [1.54, 1.807) is 24.7 Å². The molecule has 0 amide bonds. The molecule has 1 atom stereocenters. The van der Waals surface area contributed by atoms with Crippen LogP contribution in [0.15, 0.2) is 36.9 Å². The summed E-state index contributed by atoms with van der Waals surface area (Å²) in [6.45, 7) is 4.24. The number of aromatic nitrogens is 2. The second-order valence-corrected chi connectivity index (χ2v) is 5.23. The van der Waals surface area contributed by atoms with Crippen molar-refractivity contribution in [2.24, 2.45) is 5.92 Å². The fraction of sp³-hybridized carbons (Fsp3) is 0.357. The smallest absolute Gasteiger partial charge is 0.292 e. The van der Waals surface area contributed by atoms with Crippen LogP contribution >= 0.6 is 0 Å². The molecule has 0 aliphatic heterocycles. The molecule has 1 unspecified atom stereocenters. The van der Waals surface area contributed by atoms with E-state index in [1.165, 1.54) is 0 Å². The van der Waals surface area contributed by atoms with Crippen LogP contribution in [0.1, 0.15) is 31.9 Å². The summed E-state index contributed by atoms with van der Waals surface area (Å²) in [5.74, 6) is 0.457. The molecule has 1 aromatic carbocycles. The SMILES string of the molecule is CC(C)CC(c1ccc(N)c([N+](=O)[O-])c1)n1ccnc1. The van der Waals surface area contributed by atoms with Crippen LogP contribution < -0.4 is 5.73 Å². The monoisotopic (exact) mass is 274 g/mol. The number of nitro benzene ring substituents is 1. The number of benzene rings is 1. The summed E-state index contributed by atoms with van der Waals surface area (Å²) in [5.41, 5.74) is 6.67. The number of rotatable bonds is 5. The van der Waals surface area contributed by atoms with Crippen molar-refractivity contribution in [3.8, 4) is 0 Å². The van der Waals surface area contributed by atoms with E-state index in [-0.39, 0.29) is 17.4 Å². The summed E-state index contributed by atoms with van der Waals surface area (Å²) in [5, 5.41) is 11.0. The molecule has 0 fully saturated rings. The summed E-state index contributed by atoms with van der Waals surface area (Å²) < 4.78 is 1.97. The zero-order valence-electron chi connectivity index (χ0n) is 11.6. The normalized spacial score (nSPS) is 12.6. The van der Waals surface area contributed by atoms with Gasteiger partial charge in [0.1, 0.15) is 5.69 Å². The van der Waals surface area contributed by atoms with Crippen molar-refractivity contribution in [3.05, 3.63) is 52.6 Å².